The molecule has 1 aromatic heterocycles. The van der Waals surface area contributed by atoms with Crippen molar-refractivity contribution in [2.24, 2.45) is 0 Å². The minimum Gasteiger partial charge on any atom is -0.390 e. The molecule has 0 fully saturated rings. The molecule has 17 heavy (non-hydrogen) atoms. The van der Waals surface area contributed by atoms with Crippen molar-refractivity contribution in [1.82, 2.24) is 9.97 Å². The SMILES string of the molecule is OCc1ccnc(CSc2ccc(Br)cc2)n1. The summed E-state index contributed by atoms with van der Waals surface area (Å²) in [7, 11) is 0. The minimum absolute atomic E-state index is 0.0432. The van der Waals surface area contributed by atoms with Crippen molar-refractivity contribution in [2.45, 2.75) is 17.3 Å². The van der Waals surface area contributed by atoms with Gasteiger partial charge in [-0.1, -0.05) is 15.9 Å². The molecule has 0 aliphatic heterocycles. The maximum absolute atomic E-state index is 8.98. The number of thioether (sulfide) groups is 1. The molecule has 0 saturated heterocycles. The highest BCUT2D eigenvalue weighted by molar-refractivity contribution is 9.10. The molecule has 0 radical (unpaired) electrons. The van der Waals surface area contributed by atoms with Crippen molar-refractivity contribution < 1.29 is 5.11 Å². The molecule has 0 bridgehead atoms. The third-order valence-corrected chi connectivity index (χ3v) is 3.64. The van der Waals surface area contributed by atoms with Gasteiger partial charge in [-0.05, 0) is 30.3 Å². The van der Waals surface area contributed by atoms with Gasteiger partial charge in [0.25, 0.3) is 0 Å². The molecule has 5 heteroatoms. The first-order chi connectivity index (χ1) is 8.28. The van der Waals surface area contributed by atoms with Gasteiger partial charge in [-0.2, -0.15) is 0 Å². The fraction of sp³-hybridized carbons (Fsp3) is 0.167. The van der Waals surface area contributed by atoms with Crippen molar-refractivity contribution in [1.29, 1.82) is 0 Å². The smallest absolute Gasteiger partial charge is 0.138 e. The lowest BCUT2D eigenvalue weighted by Crippen LogP contribution is -1.96. The van der Waals surface area contributed by atoms with Gasteiger partial charge in [0.1, 0.15) is 5.82 Å². The van der Waals surface area contributed by atoms with Crippen molar-refractivity contribution in [3.05, 3.63) is 52.5 Å². The normalized spacial score (nSPS) is 10.5. The predicted molar refractivity (Wildman–Crippen MR) is 71.7 cm³/mol. The second-order valence-corrected chi connectivity index (χ2v) is 5.33. The highest BCUT2D eigenvalue weighted by Gasteiger charge is 2.00. The summed E-state index contributed by atoms with van der Waals surface area (Å²) in [6, 6.07) is 9.82. The van der Waals surface area contributed by atoms with Gasteiger partial charge in [0.15, 0.2) is 0 Å². The van der Waals surface area contributed by atoms with E-state index in [0.717, 1.165) is 10.3 Å². The average Bonchev–Trinajstić information content (AvgIpc) is 2.38. The lowest BCUT2D eigenvalue weighted by molar-refractivity contribution is 0.276. The first-order valence-corrected chi connectivity index (χ1v) is 6.86. The molecule has 88 valence electrons. The fourth-order valence-corrected chi connectivity index (χ4v) is 2.31. The quantitative estimate of drug-likeness (QED) is 0.882. The minimum atomic E-state index is -0.0432. The summed E-state index contributed by atoms with van der Waals surface area (Å²) < 4.78 is 1.07. The lowest BCUT2D eigenvalue weighted by atomic mass is 10.4. The largest absolute Gasteiger partial charge is 0.390 e. The van der Waals surface area contributed by atoms with Crippen LogP contribution >= 0.6 is 27.7 Å². The summed E-state index contributed by atoms with van der Waals surface area (Å²) >= 11 is 5.07. The van der Waals surface area contributed by atoms with E-state index in [2.05, 4.69) is 25.9 Å². The second kappa shape index (κ2) is 6.14. The Morgan fingerprint density at radius 1 is 1.18 bits per heavy atom. The molecule has 1 N–H and O–H groups in total. The molecule has 0 atom stereocenters. The third-order valence-electron chi connectivity index (χ3n) is 2.11. The number of halogens is 1. The van der Waals surface area contributed by atoms with Crippen molar-refractivity contribution in [3.63, 3.8) is 0 Å². The molecule has 0 aliphatic carbocycles. The van der Waals surface area contributed by atoms with Crippen LogP contribution in [0.3, 0.4) is 0 Å². The summed E-state index contributed by atoms with van der Waals surface area (Å²) in [5.74, 6) is 1.44. The van der Waals surface area contributed by atoms with Gasteiger partial charge < -0.3 is 5.11 Å². The van der Waals surface area contributed by atoms with Crippen LogP contribution in [0.4, 0.5) is 0 Å². The number of nitrogens with zero attached hydrogens (tertiary/aromatic N) is 2. The van der Waals surface area contributed by atoms with Gasteiger partial charge in [0.05, 0.1) is 18.1 Å². The van der Waals surface area contributed by atoms with Crippen LogP contribution in [0.15, 0.2) is 45.9 Å². The molecule has 0 saturated carbocycles. The zero-order valence-corrected chi connectivity index (χ0v) is 11.4. The Labute approximate surface area is 112 Å². The number of hydrogen-bond donors (Lipinski definition) is 1. The van der Waals surface area contributed by atoms with E-state index in [-0.39, 0.29) is 6.61 Å². The Balaban J connectivity index is 1.99. The van der Waals surface area contributed by atoms with Gasteiger partial charge in [-0.25, -0.2) is 9.97 Å². The maximum atomic E-state index is 8.98. The van der Waals surface area contributed by atoms with E-state index in [4.69, 9.17) is 5.11 Å². The lowest BCUT2D eigenvalue weighted by Gasteiger charge is -2.02. The van der Waals surface area contributed by atoms with E-state index >= 15 is 0 Å². The average molecular weight is 311 g/mol. The Morgan fingerprint density at radius 2 is 1.94 bits per heavy atom. The zero-order valence-electron chi connectivity index (χ0n) is 9.01. The molecular formula is C12H11BrN2OS. The van der Waals surface area contributed by atoms with E-state index < -0.39 is 0 Å². The number of benzene rings is 1. The first-order valence-electron chi connectivity index (χ1n) is 5.08. The van der Waals surface area contributed by atoms with Crippen molar-refractivity contribution in [2.75, 3.05) is 0 Å². The van der Waals surface area contributed by atoms with Crippen LogP contribution in [-0.2, 0) is 12.4 Å². The van der Waals surface area contributed by atoms with E-state index in [1.165, 1.54) is 4.90 Å². The van der Waals surface area contributed by atoms with Crippen molar-refractivity contribution in [3.8, 4) is 0 Å². The monoisotopic (exact) mass is 310 g/mol. The van der Waals surface area contributed by atoms with Crippen LogP contribution in [0.25, 0.3) is 0 Å². The summed E-state index contributed by atoms with van der Waals surface area (Å²) in [4.78, 5) is 9.57. The van der Waals surface area contributed by atoms with Crippen LogP contribution < -0.4 is 0 Å². The van der Waals surface area contributed by atoms with Gasteiger partial charge >= 0.3 is 0 Å². The van der Waals surface area contributed by atoms with E-state index in [9.17, 15) is 0 Å². The van der Waals surface area contributed by atoms with Gasteiger partial charge in [-0.3, -0.25) is 0 Å². The summed E-state index contributed by atoms with van der Waals surface area (Å²) in [6.07, 6.45) is 1.68. The summed E-state index contributed by atoms with van der Waals surface area (Å²) in [6.45, 7) is -0.0432. The molecule has 0 unspecified atom stereocenters. The van der Waals surface area contributed by atoms with E-state index in [1.54, 1.807) is 24.0 Å². The molecule has 0 aliphatic rings. The van der Waals surface area contributed by atoms with E-state index in [1.807, 2.05) is 24.3 Å². The number of aliphatic hydroxyl groups excluding tert-OH is 1. The second-order valence-electron chi connectivity index (χ2n) is 3.36. The molecule has 3 nitrogen and oxygen atoms in total. The Bertz CT molecular complexity index is 490. The summed E-state index contributed by atoms with van der Waals surface area (Å²) in [5, 5.41) is 8.98. The van der Waals surface area contributed by atoms with E-state index in [0.29, 0.717) is 11.4 Å². The topological polar surface area (TPSA) is 46.0 Å². The first kappa shape index (κ1) is 12.5. The molecular weight excluding hydrogens is 300 g/mol. The standard InChI is InChI=1S/C12H11BrN2OS/c13-9-1-3-11(4-2-9)17-8-12-14-6-5-10(7-16)15-12/h1-6,16H,7-8H2. The summed E-state index contributed by atoms with van der Waals surface area (Å²) in [5.41, 5.74) is 0.659. The van der Waals surface area contributed by atoms with Gasteiger partial charge in [-0.15, -0.1) is 11.8 Å². The number of aliphatic hydroxyl groups is 1. The zero-order chi connectivity index (χ0) is 12.1. The van der Waals surface area contributed by atoms with Crippen LogP contribution in [0.5, 0.6) is 0 Å². The highest BCUT2D eigenvalue weighted by Crippen LogP contribution is 2.23. The molecule has 1 aromatic carbocycles. The number of rotatable bonds is 4. The molecule has 0 amide bonds. The number of aromatic nitrogens is 2. The predicted octanol–water partition coefficient (Wildman–Crippen LogP) is 3.02. The molecule has 0 spiro atoms. The van der Waals surface area contributed by atoms with Crippen molar-refractivity contribution >= 4 is 27.7 Å². The van der Waals surface area contributed by atoms with Crippen LogP contribution in [0, 0.1) is 0 Å². The van der Waals surface area contributed by atoms with Gasteiger partial charge in [0.2, 0.25) is 0 Å². The Morgan fingerprint density at radius 3 is 2.65 bits per heavy atom. The highest BCUT2D eigenvalue weighted by atomic mass is 79.9. The number of hydrogen-bond acceptors (Lipinski definition) is 4. The Kier molecular flexibility index (Phi) is 4.53. The third kappa shape index (κ3) is 3.80. The van der Waals surface area contributed by atoms with Crippen LogP contribution in [-0.4, -0.2) is 15.1 Å². The molecule has 1 heterocycles. The molecule has 2 rings (SSSR count). The fourth-order valence-electron chi connectivity index (χ4n) is 1.28. The van der Waals surface area contributed by atoms with Crippen LogP contribution in [0.1, 0.15) is 11.5 Å². The van der Waals surface area contributed by atoms with Crippen LogP contribution in [0.2, 0.25) is 0 Å². The molecule has 2 aromatic rings. The van der Waals surface area contributed by atoms with Gasteiger partial charge in [0, 0.05) is 15.6 Å². The Hall–Kier alpha value is -0.910. The maximum Gasteiger partial charge on any atom is 0.138 e.